The maximum Gasteiger partial charge on any atom is 0.0468 e. The van der Waals surface area contributed by atoms with Gasteiger partial charge in [-0.2, -0.15) is 0 Å². The second-order valence-electron chi connectivity index (χ2n) is 4.56. The number of halogens is 2. The standard InChI is InChI=1S/C15H16Cl2N2/c1-10(12-4-3-7-18-9-12)19-11(2)14-6-5-13(16)8-15(14)17/h3-11,19H,1-2H3/t10-,11?/m1/s1. The van der Waals surface area contributed by atoms with Gasteiger partial charge in [-0.3, -0.25) is 4.98 Å². The lowest BCUT2D eigenvalue weighted by molar-refractivity contribution is 0.494. The van der Waals surface area contributed by atoms with Gasteiger partial charge in [0.15, 0.2) is 0 Å². The highest BCUT2D eigenvalue weighted by atomic mass is 35.5. The summed E-state index contributed by atoms with van der Waals surface area (Å²) in [4.78, 5) is 4.13. The number of aromatic nitrogens is 1. The van der Waals surface area contributed by atoms with Crippen LogP contribution in [-0.4, -0.2) is 4.98 Å². The molecule has 4 heteroatoms. The van der Waals surface area contributed by atoms with E-state index in [-0.39, 0.29) is 12.1 Å². The summed E-state index contributed by atoms with van der Waals surface area (Å²) >= 11 is 12.1. The minimum absolute atomic E-state index is 0.139. The molecule has 0 saturated heterocycles. The van der Waals surface area contributed by atoms with Crippen molar-refractivity contribution in [2.75, 3.05) is 0 Å². The molecule has 2 nitrogen and oxygen atoms in total. The smallest absolute Gasteiger partial charge is 0.0468 e. The fraction of sp³-hybridized carbons (Fsp3) is 0.267. The molecule has 2 rings (SSSR count). The zero-order chi connectivity index (χ0) is 13.8. The molecule has 0 spiro atoms. The van der Waals surface area contributed by atoms with E-state index >= 15 is 0 Å². The van der Waals surface area contributed by atoms with Gasteiger partial charge in [0.05, 0.1) is 0 Å². The van der Waals surface area contributed by atoms with E-state index < -0.39 is 0 Å². The van der Waals surface area contributed by atoms with E-state index in [0.717, 1.165) is 11.1 Å². The molecule has 1 heterocycles. The summed E-state index contributed by atoms with van der Waals surface area (Å²) in [6.45, 7) is 4.19. The molecule has 0 aliphatic rings. The second-order valence-corrected chi connectivity index (χ2v) is 5.41. The van der Waals surface area contributed by atoms with Gasteiger partial charge in [0.1, 0.15) is 0 Å². The molecule has 0 aliphatic heterocycles. The first-order chi connectivity index (χ1) is 9.08. The van der Waals surface area contributed by atoms with Crippen LogP contribution >= 0.6 is 23.2 Å². The predicted molar refractivity (Wildman–Crippen MR) is 80.7 cm³/mol. The summed E-state index contributed by atoms with van der Waals surface area (Å²) in [5.74, 6) is 0. The van der Waals surface area contributed by atoms with Crippen molar-refractivity contribution >= 4 is 23.2 Å². The van der Waals surface area contributed by atoms with E-state index in [4.69, 9.17) is 23.2 Å². The third-order valence-electron chi connectivity index (χ3n) is 3.11. The Bertz CT molecular complexity index is 543. The molecule has 1 unspecified atom stereocenters. The van der Waals surface area contributed by atoms with Gasteiger partial charge >= 0.3 is 0 Å². The van der Waals surface area contributed by atoms with E-state index in [1.54, 1.807) is 12.3 Å². The largest absolute Gasteiger partial charge is 0.304 e. The fourth-order valence-corrected chi connectivity index (χ4v) is 2.62. The van der Waals surface area contributed by atoms with Gasteiger partial charge in [-0.25, -0.2) is 0 Å². The molecule has 19 heavy (non-hydrogen) atoms. The Balaban J connectivity index is 2.10. The van der Waals surface area contributed by atoms with Crippen LogP contribution in [0.15, 0.2) is 42.7 Å². The van der Waals surface area contributed by atoms with E-state index in [0.29, 0.717) is 10.0 Å². The average molecular weight is 295 g/mol. The number of rotatable bonds is 4. The van der Waals surface area contributed by atoms with Crippen LogP contribution in [0.5, 0.6) is 0 Å². The molecule has 0 saturated carbocycles. The molecule has 0 aliphatic carbocycles. The number of hydrogen-bond acceptors (Lipinski definition) is 2. The molecule has 0 radical (unpaired) electrons. The Morgan fingerprint density at radius 2 is 1.89 bits per heavy atom. The highest BCUT2D eigenvalue weighted by Crippen LogP contribution is 2.27. The summed E-state index contributed by atoms with van der Waals surface area (Å²) in [6, 6.07) is 9.92. The lowest BCUT2D eigenvalue weighted by atomic mass is 10.1. The van der Waals surface area contributed by atoms with Crippen molar-refractivity contribution in [3.63, 3.8) is 0 Å². The Hall–Kier alpha value is -1.09. The lowest BCUT2D eigenvalue weighted by Crippen LogP contribution is -2.22. The van der Waals surface area contributed by atoms with E-state index in [1.807, 2.05) is 24.4 Å². The molecule has 0 bridgehead atoms. The van der Waals surface area contributed by atoms with Crippen LogP contribution < -0.4 is 5.32 Å². The van der Waals surface area contributed by atoms with Crippen LogP contribution in [0.25, 0.3) is 0 Å². The summed E-state index contributed by atoms with van der Waals surface area (Å²) < 4.78 is 0. The average Bonchev–Trinajstić information content (AvgIpc) is 2.39. The molecule has 0 amide bonds. The topological polar surface area (TPSA) is 24.9 Å². The van der Waals surface area contributed by atoms with E-state index in [9.17, 15) is 0 Å². The van der Waals surface area contributed by atoms with Crippen molar-refractivity contribution in [1.82, 2.24) is 10.3 Å². The van der Waals surface area contributed by atoms with Crippen LogP contribution in [0, 0.1) is 0 Å². The van der Waals surface area contributed by atoms with Gasteiger partial charge in [-0.15, -0.1) is 0 Å². The van der Waals surface area contributed by atoms with Crippen LogP contribution in [0.4, 0.5) is 0 Å². The minimum atomic E-state index is 0.139. The maximum atomic E-state index is 6.22. The lowest BCUT2D eigenvalue weighted by Gasteiger charge is -2.21. The molecular weight excluding hydrogens is 279 g/mol. The van der Waals surface area contributed by atoms with Gasteiger partial charge in [-0.05, 0) is 43.2 Å². The van der Waals surface area contributed by atoms with Crippen LogP contribution in [-0.2, 0) is 0 Å². The Morgan fingerprint density at radius 1 is 1.11 bits per heavy atom. The third kappa shape index (κ3) is 3.69. The molecular formula is C15H16Cl2N2. The quantitative estimate of drug-likeness (QED) is 0.876. The second kappa shape index (κ2) is 6.38. The minimum Gasteiger partial charge on any atom is -0.304 e. The molecule has 2 atom stereocenters. The summed E-state index contributed by atoms with van der Waals surface area (Å²) in [5, 5.41) is 4.85. The Kier molecular flexibility index (Phi) is 4.81. The fourth-order valence-electron chi connectivity index (χ4n) is 2.05. The van der Waals surface area contributed by atoms with Crippen LogP contribution in [0.3, 0.4) is 0 Å². The number of hydrogen-bond donors (Lipinski definition) is 1. The van der Waals surface area contributed by atoms with Crippen LogP contribution in [0.1, 0.15) is 37.1 Å². The normalized spacial score (nSPS) is 14.1. The number of nitrogens with zero attached hydrogens (tertiary/aromatic N) is 1. The zero-order valence-corrected chi connectivity index (χ0v) is 12.4. The summed E-state index contributed by atoms with van der Waals surface area (Å²) in [6.07, 6.45) is 3.64. The predicted octanol–water partition coefficient (Wildman–Crippen LogP) is 4.80. The Labute approximate surface area is 123 Å². The van der Waals surface area contributed by atoms with Gasteiger partial charge in [-0.1, -0.05) is 35.3 Å². The number of pyridine rings is 1. The van der Waals surface area contributed by atoms with Crippen molar-refractivity contribution in [3.8, 4) is 0 Å². The van der Waals surface area contributed by atoms with Crippen molar-refractivity contribution in [1.29, 1.82) is 0 Å². The Morgan fingerprint density at radius 3 is 2.53 bits per heavy atom. The van der Waals surface area contributed by atoms with E-state index in [1.165, 1.54) is 0 Å². The monoisotopic (exact) mass is 294 g/mol. The molecule has 1 aromatic heterocycles. The highest BCUT2D eigenvalue weighted by molar-refractivity contribution is 6.35. The number of nitrogens with one attached hydrogen (secondary N) is 1. The molecule has 100 valence electrons. The van der Waals surface area contributed by atoms with Gasteiger partial charge in [0.2, 0.25) is 0 Å². The van der Waals surface area contributed by atoms with Gasteiger partial charge in [0.25, 0.3) is 0 Å². The van der Waals surface area contributed by atoms with Crippen molar-refractivity contribution in [3.05, 3.63) is 63.9 Å². The van der Waals surface area contributed by atoms with Gasteiger partial charge < -0.3 is 5.32 Å². The molecule has 1 N–H and O–H groups in total. The van der Waals surface area contributed by atoms with Crippen LogP contribution in [0.2, 0.25) is 10.0 Å². The first-order valence-electron chi connectivity index (χ1n) is 6.19. The zero-order valence-electron chi connectivity index (χ0n) is 10.9. The summed E-state index contributed by atoms with van der Waals surface area (Å²) in [5.41, 5.74) is 2.20. The maximum absolute atomic E-state index is 6.22. The van der Waals surface area contributed by atoms with Gasteiger partial charge in [0, 0.05) is 34.5 Å². The number of benzene rings is 1. The van der Waals surface area contributed by atoms with E-state index in [2.05, 4.69) is 30.2 Å². The third-order valence-corrected chi connectivity index (χ3v) is 3.68. The highest BCUT2D eigenvalue weighted by Gasteiger charge is 2.13. The SMILES string of the molecule is CC(N[C@H](C)c1cccnc1)c1ccc(Cl)cc1Cl. The summed E-state index contributed by atoms with van der Waals surface area (Å²) in [7, 11) is 0. The molecule has 2 aromatic rings. The molecule has 1 aromatic carbocycles. The first-order valence-corrected chi connectivity index (χ1v) is 6.94. The molecule has 0 fully saturated rings. The van der Waals surface area contributed by atoms with Crippen molar-refractivity contribution < 1.29 is 0 Å². The first kappa shape index (κ1) is 14.3. The van der Waals surface area contributed by atoms with Crippen molar-refractivity contribution in [2.24, 2.45) is 0 Å². The van der Waals surface area contributed by atoms with Crippen molar-refractivity contribution in [2.45, 2.75) is 25.9 Å².